The maximum atomic E-state index is 12.7. The lowest BCUT2D eigenvalue weighted by Crippen LogP contribution is -2.49. The Balaban J connectivity index is 1.27. The molecule has 0 aliphatic carbocycles. The maximum absolute atomic E-state index is 12.7. The zero-order valence-electron chi connectivity index (χ0n) is 17.0. The normalized spacial score (nSPS) is 14.2. The van der Waals surface area contributed by atoms with Crippen molar-refractivity contribution in [2.45, 2.75) is 18.5 Å². The van der Waals surface area contributed by atoms with Crippen LogP contribution < -0.4 is 4.90 Å². The minimum atomic E-state index is 0.143. The van der Waals surface area contributed by atoms with Gasteiger partial charge in [0.15, 0.2) is 5.16 Å². The number of hydrogen-bond acceptors (Lipinski definition) is 5. The summed E-state index contributed by atoms with van der Waals surface area (Å²) in [5.41, 5.74) is 4.38. The highest BCUT2D eigenvalue weighted by Crippen LogP contribution is 2.22. The quantitative estimate of drug-likeness (QED) is 0.596. The average Bonchev–Trinajstić information content (AvgIpc) is 3.12. The largest absolute Gasteiger partial charge is 0.508 e. The number of nitrogens with zero attached hydrogens (tertiary/aromatic N) is 3. The fourth-order valence-electron chi connectivity index (χ4n) is 3.60. The number of benzene rings is 2. The predicted molar refractivity (Wildman–Crippen MR) is 120 cm³/mol. The molecule has 1 saturated heterocycles. The predicted octanol–water partition coefficient (Wildman–Crippen LogP) is 3.46. The van der Waals surface area contributed by atoms with E-state index in [1.54, 1.807) is 12.1 Å². The molecule has 0 radical (unpaired) electrons. The molecule has 30 heavy (non-hydrogen) atoms. The Morgan fingerprint density at radius 1 is 1.07 bits per heavy atom. The number of aromatic hydroxyl groups is 1. The number of hydrogen-bond donors (Lipinski definition) is 2. The van der Waals surface area contributed by atoms with Crippen molar-refractivity contribution in [2.24, 2.45) is 0 Å². The van der Waals surface area contributed by atoms with Crippen molar-refractivity contribution in [3.63, 3.8) is 0 Å². The summed E-state index contributed by atoms with van der Waals surface area (Å²) >= 11 is 1.47. The van der Waals surface area contributed by atoms with Crippen molar-refractivity contribution in [3.05, 3.63) is 71.5 Å². The molecule has 0 spiro atoms. The van der Waals surface area contributed by atoms with Crippen LogP contribution in [0.5, 0.6) is 5.75 Å². The second kappa shape index (κ2) is 9.26. The fraction of sp³-hybridized carbons (Fsp3) is 0.304. The molecule has 1 aromatic heterocycles. The van der Waals surface area contributed by atoms with Gasteiger partial charge in [-0.1, -0.05) is 42.1 Å². The van der Waals surface area contributed by atoms with Gasteiger partial charge in [0.05, 0.1) is 11.4 Å². The number of amides is 1. The van der Waals surface area contributed by atoms with E-state index in [1.165, 1.54) is 17.3 Å². The summed E-state index contributed by atoms with van der Waals surface area (Å²) in [6, 6.07) is 17.5. The molecule has 156 valence electrons. The van der Waals surface area contributed by atoms with E-state index >= 15 is 0 Å². The van der Waals surface area contributed by atoms with E-state index < -0.39 is 0 Å². The number of carbonyl (C=O) groups excluding carboxylic acids is 1. The van der Waals surface area contributed by atoms with Crippen LogP contribution in [-0.2, 0) is 11.2 Å². The van der Waals surface area contributed by atoms with Crippen LogP contribution in [0, 0.1) is 6.92 Å². The number of aromatic nitrogens is 2. The minimum Gasteiger partial charge on any atom is -0.508 e. The summed E-state index contributed by atoms with van der Waals surface area (Å²) in [4.78, 5) is 24.8. The molecule has 2 N–H and O–H groups in total. The average molecular weight is 423 g/mol. The lowest BCUT2D eigenvalue weighted by molar-refractivity contribution is -0.128. The lowest BCUT2D eigenvalue weighted by atomic mass is 10.1. The zero-order valence-corrected chi connectivity index (χ0v) is 17.9. The number of carbonyl (C=O) groups is 1. The lowest BCUT2D eigenvalue weighted by Gasteiger charge is -2.36. The third-order valence-corrected chi connectivity index (χ3v) is 6.22. The number of nitrogens with one attached hydrogen (secondary N) is 1. The number of aryl methyl sites for hydroxylation is 1. The first-order valence-electron chi connectivity index (χ1n) is 10.1. The summed E-state index contributed by atoms with van der Waals surface area (Å²) in [6.07, 6.45) is 0.789. The van der Waals surface area contributed by atoms with Gasteiger partial charge < -0.3 is 19.9 Å². The molecular formula is C23H26N4O2S. The Hall–Kier alpha value is -2.93. The minimum absolute atomic E-state index is 0.143. The Morgan fingerprint density at radius 2 is 1.77 bits per heavy atom. The molecule has 0 unspecified atom stereocenters. The molecule has 4 rings (SSSR count). The van der Waals surface area contributed by atoms with E-state index in [0.717, 1.165) is 41.7 Å². The van der Waals surface area contributed by atoms with E-state index in [0.29, 0.717) is 18.8 Å². The molecular weight excluding hydrogens is 396 g/mol. The Kier molecular flexibility index (Phi) is 6.28. The summed E-state index contributed by atoms with van der Waals surface area (Å²) < 4.78 is 0. The first kappa shape index (κ1) is 20.3. The molecule has 6 nitrogen and oxygen atoms in total. The van der Waals surface area contributed by atoms with Gasteiger partial charge in [0, 0.05) is 44.0 Å². The maximum Gasteiger partial charge on any atom is 0.233 e. The number of H-pyrrole nitrogens is 1. The molecule has 7 heteroatoms. The van der Waals surface area contributed by atoms with Crippen LogP contribution in [0.2, 0.25) is 0 Å². The van der Waals surface area contributed by atoms with E-state index in [9.17, 15) is 9.90 Å². The second-order valence-corrected chi connectivity index (χ2v) is 8.41. The third-order valence-electron chi connectivity index (χ3n) is 5.36. The summed E-state index contributed by atoms with van der Waals surface area (Å²) in [6.45, 7) is 5.03. The Labute approximate surface area is 180 Å². The topological polar surface area (TPSA) is 72.5 Å². The van der Waals surface area contributed by atoms with Crippen LogP contribution in [0.15, 0.2) is 59.8 Å². The molecule has 2 aromatic carbocycles. The highest BCUT2D eigenvalue weighted by Gasteiger charge is 2.22. The third kappa shape index (κ3) is 4.97. The smallest absolute Gasteiger partial charge is 0.233 e. The second-order valence-electron chi connectivity index (χ2n) is 7.45. The molecule has 1 fully saturated rings. The Bertz CT molecular complexity index is 980. The van der Waals surface area contributed by atoms with Crippen molar-refractivity contribution in [1.82, 2.24) is 14.9 Å². The molecule has 0 bridgehead atoms. The van der Waals surface area contributed by atoms with Gasteiger partial charge in [-0.3, -0.25) is 4.79 Å². The zero-order chi connectivity index (χ0) is 20.9. The van der Waals surface area contributed by atoms with Crippen molar-refractivity contribution >= 4 is 23.4 Å². The van der Waals surface area contributed by atoms with Crippen molar-refractivity contribution in [3.8, 4) is 5.75 Å². The van der Waals surface area contributed by atoms with Gasteiger partial charge in [0.25, 0.3) is 0 Å². The van der Waals surface area contributed by atoms with E-state index in [2.05, 4.69) is 27.0 Å². The van der Waals surface area contributed by atoms with Crippen LogP contribution >= 0.6 is 11.8 Å². The first-order valence-corrected chi connectivity index (χ1v) is 11.1. The fourth-order valence-corrected chi connectivity index (χ4v) is 4.44. The van der Waals surface area contributed by atoms with Crippen LogP contribution in [0.25, 0.3) is 0 Å². The van der Waals surface area contributed by atoms with Crippen LogP contribution in [0.3, 0.4) is 0 Å². The van der Waals surface area contributed by atoms with Crippen LogP contribution in [-0.4, -0.2) is 57.8 Å². The molecule has 3 aromatic rings. The molecule has 0 saturated carbocycles. The number of rotatable bonds is 6. The number of imidazole rings is 1. The van der Waals surface area contributed by atoms with E-state index in [-0.39, 0.29) is 11.7 Å². The van der Waals surface area contributed by atoms with E-state index in [1.807, 2.05) is 42.2 Å². The van der Waals surface area contributed by atoms with Crippen molar-refractivity contribution in [2.75, 3.05) is 36.8 Å². The van der Waals surface area contributed by atoms with Gasteiger partial charge in [-0.05, 0) is 36.8 Å². The van der Waals surface area contributed by atoms with Gasteiger partial charge in [-0.2, -0.15) is 0 Å². The summed E-state index contributed by atoms with van der Waals surface area (Å²) in [7, 11) is 0. The standard InChI is InChI=1S/C23H26N4O2S/c1-17-21(15-18-5-3-2-4-6-18)25-23(24-17)30-16-22(29)27-13-11-26(12-14-27)19-7-9-20(28)10-8-19/h2-10,28H,11-16H2,1H3,(H,24,25). The molecule has 2 heterocycles. The van der Waals surface area contributed by atoms with Gasteiger partial charge in [0.2, 0.25) is 5.91 Å². The summed E-state index contributed by atoms with van der Waals surface area (Å²) in [5, 5.41) is 10.2. The van der Waals surface area contributed by atoms with Gasteiger partial charge in [0.1, 0.15) is 5.75 Å². The molecule has 1 amide bonds. The van der Waals surface area contributed by atoms with Crippen molar-refractivity contribution < 1.29 is 9.90 Å². The van der Waals surface area contributed by atoms with E-state index in [4.69, 9.17) is 0 Å². The highest BCUT2D eigenvalue weighted by molar-refractivity contribution is 7.99. The number of aromatic amines is 1. The van der Waals surface area contributed by atoms with Crippen molar-refractivity contribution in [1.29, 1.82) is 0 Å². The number of phenols is 1. The van der Waals surface area contributed by atoms with Gasteiger partial charge in [-0.15, -0.1) is 0 Å². The van der Waals surface area contributed by atoms with Gasteiger partial charge >= 0.3 is 0 Å². The number of anilines is 1. The number of thioether (sulfide) groups is 1. The van der Waals surface area contributed by atoms with Gasteiger partial charge in [-0.25, -0.2) is 4.98 Å². The molecule has 1 aliphatic heterocycles. The van der Waals surface area contributed by atoms with Crippen LogP contribution in [0.4, 0.5) is 5.69 Å². The van der Waals surface area contributed by atoms with Crippen LogP contribution in [0.1, 0.15) is 17.0 Å². The molecule has 1 aliphatic rings. The molecule has 0 atom stereocenters. The number of piperazine rings is 1. The first-order chi connectivity index (χ1) is 14.6. The monoisotopic (exact) mass is 422 g/mol. The summed E-state index contributed by atoms with van der Waals surface area (Å²) in [5.74, 6) is 0.797. The number of phenolic OH excluding ortho intramolecular Hbond substituents is 1. The Morgan fingerprint density at radius 3 is 2.47 bits per heavy atom. The highest BCUT2D eigenvalue weighted by atomic mass is 32.2. The SMILES string of the molecule is Cc1[nH]c(SCC(=O)N2CCN(c3ccc(O)cc3)CC2)nc1Cc1ccccc1.